The molecule has 0 heterocycles. The zero-order valence-corrected chi connectivity index (χ0v) is 18.9. The van der Waals surface area contributed by atoms with Crippen LogP contribution in [0.5, 0.6) is 11.5 Å². The van der Waals surface area contributed by atoms with E-state index < -0.39 is 0 Å². The largest absolute Gasteiger partial charge is 0.493 e. The first kappa shape index (κ1) is 23.2. The third-order valence-corrected chi connectivity index (χ3v) is 5.07. The van der Waals surface area contributed by atoms with E-state index in [-0.39, 0.29) is 24.3 Å². The van der Waals surface area contributed by atoms with Crippen molar-refractivity contribution in [3.63, 3.8) is 0 Å². The Morgan fingerprint density at radius 1 is 0.906 bits per heavy atom. The molecule has 0 aliphatic carbocycles. The lowest BCUT2D eigenvalue weighted by Crippen LogP contribution is -2.17. The average molecular weight is 453 g/mol. The quantitative estimate of drug-likeness (QED) is 0.454. The number of carbonyl (C=O) groups excluding carboxylic acids is 2. The summed E-state index contributed by atoms with van der Waals surface area (Å²) >= 11 is 6.17. The van der Waals surface area contributed by atoms with Crippen molar-refractivity contribution in [2.24, 2.45) is 5.92 Å². The van der Waals surface area contributed by atoms with Crippen molar-refractivity contribution < 1.29 is 19.1 Å². The van der Waals surface area contributed by atoms with E-state index in [1.54, 1.807) is 48.5 Å². The SMILES string of the molecule is COc1cc(C(=O)Nc2ccc(NC(=O)C(C)C)cc2)ccc1OCc1ccccc1Cl. The number of nitrogens with one attached hydrogen (secondary N) is 2. The van der Waals surface area contributed by atoms with E-state index in [1.807, 2.05) is 32.0 Å². The minimum absolute atomic E-state index is 0.0641. The van der Waals surface area contributed by atoms with Gasteiger partial charge in [0.05, 0.1) is 7.11 Å². The molecule has 32 heavy (non-hydrogen) atoms. The molecule has 0 aromatic heterocycles. The number of rotatable bonds is 8. The van der Waals surface area contributed by atoms with Gasteiger partial charge in [-0.25, -0.2) is 0 Å². The van der Waals surface area contributed by atoms with Gasteiger partial charge in [0, 0.05) is 33.4 Å². The summed E-state index contributed by atoms with van der Waals surface area (Å²) in [5.74, 6) is 0.484. The van der Waals surface area contributed by atoms with Gasteiger partial charge in [0.1, 0.15) is 6.61 Å². The molecule has 0 aliphatic rings. The van der Waals surface area contributed by atoms with E-state index in [0.29, 0.717) is 33.5 Å². The highest BCUT2D eigenvalue weighted by Crippen LogP contribution is 2.30. The van der Waals surface area contributed by atoms with Crippen LogP contribution in [-0.4, -0.2) is 18.9 Å². The van der Waals surface area contributed by atoms with E-state index in [0.717, 1.165) is 5.56 Å². The number of methoxy groups -OCH3 is 1. The first-order valence-electron chi connectivity index (χ1n) is 10.1. The Bertz CT molecular complexity index is 1100. The van der Waals surface area contributed by atoms with E-state index >= 15 is 0 Å². The van der Waals surface area contributed by atoms with Gasteiger partial charge in [-0.2, -0.15) is 0 Å². The molecular weight excluding hydrogens is 428 g/mol. The second kappa shape index (κ2) is 10.7. The van der Waals surface area contributed by atoms with Gasteiger partial charge in [-0.3, -0.25) is 9.59 Å². The van der Waals surface area contributed by atoms with Gasteiger partial charge in [-0.05, 0) is 48.5 Å². The Kier molecular flexibility index (Phi) is 7.73. The molecule has 2 amide bonds. The van der Waals surface area contributed by atoms with Gasteiger partial charge in [0.25, 0.3) is 5.91 Å². The Labute approximate surface area is 192 Å². The van der Waals surface area contributed by atoms with E-state index in [9.17, 15) is 9.59 Å². The third-order valence-electron chi connectivity index (χ3n) is 4.70. The highest BCUT2D eigenvalue weighted by molar-refractivity contribution is 6.31. The number of carbonyl (C=O) groups is 2. The Balaban J connectivity index is 1.65. The molecule has 166 valence electrons. The average Bonchev–Trinajstić information content (AvgIpc) is 2.79. The zero-order valence-electron chi connectivity index (χ0n) is 18.1. The van der Waals surface area contributed by atoms with Crippen LogP contribution in [0.15, 0.2) is 66.7 Å². The lowest BCUT2D eigenvalue weighted by atomic mass is 10.1. The maximum atomic E-state index is 12.7. The summed E-state index contributed by atoms with van der Waals surface area (Å²) in [7, 11) is 1.52. The number of halogens is 1. The second-order valence-electron chi connectivity index (χ2n) is 7.42. The van der Waals surface area contributed by atoms with Crippen molar-refractivity contribution in [2.45, 2.75) is 20.5 Å². The van der Waals surface area contributed by atoms with Crippen molar-refractivity contribution in [3.05, 3.63) is 82.9 Å². The molecule has 0 bridgehead atoms. The lowest BCUT2D eigenvalue weighted by molar-refractivity contribution is -0.118. The minimum atomic E-state index is -0.292. The highest BCUT2D eigenvalue weighted by atomic mass is 35.5. The standard InChI is InChI=1S/C25H25ClN2O4/c1-16(2)24(29)27-19-9-11-20(12-10-19)28-25(30)17-8-13-22(23(14-17)31-3)32-15-18-6-4-5-7-21(18)26/h4-14,16H,15H2,1-3H3,(H,27,29)(H,28,30). The molecule has 3 aromatic rings. The van der Waals surface area contributed by atoms with E-state index in [1.165, 1.54) is 7.11 Å². The lowest BCUT2D eigenvalue weighted by Gasteiger charge is -2.13. The van der Waals surface area contributed by atoms with Crippen molar-refractivity contribution in [1.82, 2.24) is 0 Å². The number of amides is 2. The molecule has 7 heteroatoms. The topological polar surface area (TPSA) is 76.7 Å². The van der Waals surface area contributed by atoms with Gasteiger partial charge in [0.2, 0.25) is 5.91 Å². The Morgan fingerprint density at radius 2 is 1.56 bits per heavy atom. The summed E-state index contributed by atoms with van der Waals surface area (Å²) in [5.41, 5.74) is 2.55. The fourth-order valence-electron chi connectivity index (χ4n) is 2.83. The van der Waals surface area contributed by atoms with Gasteiger partial charge >= 0.3 is 0 Å². The third kappa shape index (κ3) is 6.02. The van der Waals surface area contributed by atoms with Crippen LogP contribution in [0.4, 0.5) is 11.4 Å². The summed E-state index contributed by atoms with van der Waals surface area (Å²) in [6, 6.07) is 19.3. The molecule has 0 atom stereocenters. The van der Waals surface area contributed by atoms with E-state index in [4.69, 9.17) is 21.1 Å². The van der Waals surface area contributed by atoms with E-state index in [2.05, 4.69) is 10.6 Å². The maximum absolute atomic E-state index is 12.7. The van der Waals surface area contributed by atoms with Gasteiger partial charge in [-0.1, -0.05) is 43.6 Å². The number of anilines is 2. The smallest absolute Gasteiger partial charge is 0.255 e. The molecule has 0 radical (unpaired) electrons. The van der Waals surface area contributed by atoms with Crippen molar-refractivity contribution in [2.75, 3.05) is 17.7 Å². The predicted octanol–water partition coefficient (Wildman–Crippen LogP) is 5.77. The first-order chi connectivity index (χ1) is 15.4. The molecule has 6 nitrogen and oxygen atoms in total. The van der Waals surface area contributed by atoms with Gasteiger partial charge in [-0.15, -0.1) is 0 Å². The Hall–Kier alpha value is -3.51. The minimum Gasteiger partial charge on any atom is -0.493 e. The molecule has 0 saturated carbocycles. The van der Waals surface area contributed by atoms with Crippen LogP contribution in [0.25, 0.3) is 0 Å². The molecule has 0 unspecified atom stereocenters. The molecule has 0 spiro atoms. The van der Waals surface area contributed by atoms with Crippen LogP contribution in [0.1, 0.15) is 29.8 Å². The summed E-state index contributed by atoms with van der Waals surface area (Å²) < 4.78 is 11.2. The molecule has 0 fully saturated rings. The fraction of sp³-hybridized carbons (Fsp3) is 0.200. The first-order valence-corrected chi connectivity index (χ1v) is 10.5. The second-order valence-corrected chi connectivity index (χ2v) is 7.83. The maximum Gasteiger partial charge on any atom is 0.255 e. The van der Waals surface area contributed by atoms with Gasteiger partial charge < -0.3 is 20.1 Å². The summed E-state index contributed by atoms with van der Waals surface area (Å²) in [5, 5.41) is 6.27. The number of hydrogen-bond acceptors (Lipinski definition) is 4. The Morgan fingerprint density at radius 3 is 2.19 bits per heavy atom. The number of hydrogen-bond donors (Lipinski definition) is 2. The number of ether oxygens (including phenoxy) is 2. The van der Waals surface area contributed by atoms with Crippen molar-refractivity contribution >= 4 is 34.8 Å². The zero-order chi connectivity index (χ0) is 23.1. The molecule has 3 aromatic carbocycles. The van der Waals surface area contributed by atoms with Crippen LogP contribution < -0.4 is 20.1 Å². The van der Waals surface area contributed by atoms with Crippen LogP contribution in [-0.2, 0) is 11.4 Å². The summed E-state index contributed by atoms with van der Waals surface area (Å²) in [6.07, 6.45) is 0. The predicted molar refractivity (Wildman–Crippen MR) is 127 cm³/mol. The van der Waals surface area contributed by atoms with Crippen LogP contribution >= 0.6 is 11.6 Å². The van der Waals surface area contributed by atoms with Crippen molar-refractivity contribution in [3.8, 4) is 11.5 Å². The van der Waals surface area contributed by atoms with Gasteiger partial charge in [0.15, 0.2) is 11.5 Å². The van der Waals surface area contributed by atoms with Crippen LogP contribution in [0.2, 0.25) is 5.02 Å². The summed E-state index contributed by atoms with van der Waals surface area (Å²) in [6.45, 7) is 3.93. The fourth-order valence-corrected chi connectivity index (χ4v) is 3.02. The highest BCUT2D eigenvalue weighted by Gasteiger charge is 2.13. The molecule has 0 aliphatic heterocycles. The molecule has 3 rings (SSSR count). The number of benzene rings is 3. The molecule has 2 N–H and O–H groups in total. The molecule has 0 saturated heterocycles. The van der Waals surface area contributed by atoms with Crippen molar-refractivity contribution in [1.29, 1.82) is 0 Å². The normalized spacial score (nSPS) is 10.5. The summed E-state index contributed by atoms with van der Waals surface area (Å²) in [4.78, 5) is 24.5. The molecular formula is C25H25ClN2O4. The van der Waals surface area contributed by atoms with Crippen LogP contribution in [0, 0.1) is 5.92 Å². The van der Waals surface area contributed by atoms with Crippen LogP contribution in [0.3, 0.4) is 0 Å². The monoisotopic (exact) mass is 452 g/mol.